The topological polar surface area (TPSA) is 35.8 Å². The van der Waals surface area contributed by atoms with Crippen molar-refractivity contribution >= 4 is 0 Å². The van der Waals surface area contributed by atoms with E-state index in [0.717, 1.165) is 12.1 Å². The van der Waals surface area contributed by atoms with Crippen LogP contribution < -0.4 is 5.32 Å². The van der Waals surface area contributed by atoms with Crippen LogP contribution in [0.2, 0.25) is 0 Å². The van der Waals surface area contributed by atoms with Gasteiger partial charge in [0.25, 0.3) is 0 Å². The second-order valence-electron chi connectivity index (χ2n) is 6.82. The quantitative estimate of drug-likeness (QED) is 0.842. The molecule has 0 aliphatic heterocycles. The molecule has 0 aromatic heterocycles. The molecule has 3 heteroatoms. The van der Waals surface area contributed by atoms with Crippen molar-refractivity contribution in [1.82, 2.24) is 5.32 Å². The normalized spacial score (nSPS) is 17.1. The fraction of sp³-hybridized carbons (Fsp3) is 0.611. The number of nitrogens with zero attached hydrogens (tertiary/aromatic N) is 1. The van der Waals surface area contributed by atoms with Crippen LogP contribution in [0.5, 0.6) is 0 Å². The first kappa shape index (κ1) is 16.0. The molecule has 0 heterocycles. The molecule has 1 aromatic carbocycles. The van der Waals surface area contributed by atoms with Gasteiger partial charge in [0.2, 0.25) is 0 Å². The molecule has 114 valence electrons. The Kier molecular flexibility index (Phi) is 5.36. The highest BCUT2D eigenvalue weighted by Crippen LogP contribution is 2.42. The Morgan fingerprint density at radius 3 is 2.67 bits per heavy atom. The zero-order valence-electron chi connectivity index (χ0n) is 13.1. The lowest BCUT2D eigenvalue weighted by Gasteiger charge is -2.31. The van der Waals surface area contributed by atoms with Gasteiger partial charge in [0.05, 0.1) is 11.6 Å². The predicted molar refractivity (Wildman–Crippen MR) is 83.2 cm³/mol. The molecular formula is C18H25FN2. The number of rotatable bonds is 6. The van der Waals surface area contributed by atoms with Crippen LogP contribution in [0.25, 0.3) is 0 Å². The number of halogens is 1. The summed E-state index contributed by atoms with van der Waals surface area (Å²) in [4.78, 5) is 0. The van der Waals surface area contributed by atoms with E-state index in [2.05, 4.69) is 25.2 Å². The van der Waals surface area contributed by atoms with Gasteiger partial charge in [-0.15, -0.1) is 0 Å². The molecule has 0 amide bonds. The standard InChI is InChI=1S/C18H25FN2/c1-14(2)10-18(7-3-4-8-18)13-21-12-16-9-17(19)6-5-15(16)11-20/h5-6,9,14,21H,3-4,7-8,10,12-13H2,1-2H3. The van der Waals surface area contributed by atoms with Crippen molar-refractivity contribution in [2.45, 2.75) is 52.5 Å². The molecule has 0 saturated heterocycles. The lowest BCUT2D eigenvalue weighted by atomic mass is 9.78. The van der Waals surface area contributed by atoms with Gasteiger partial charge in [-0.25, -0.2) is 4.39 Å². The molecule has 21 heavy (non-hydrogen) atoms. The summed E-state index contributed by atoms with van der Waals surface area (Å²) in [5.41, 5.74) is 1.72. The van der Waals surface area contributed by atoms with E-state index in [1.807, 2.05) is 0 Å². The Hall–Kier alpha value is -1.40. The molecule has 2 rings (SSSR count). The third-order valence-electron chi connectivity index (χ3n) is 4.51. The van der Waals surface area contributed by atoms with Gasteiger partial charge in [0.15, 0.2) is 0 Å². The molecule has 1 aliphatic rings. The minimum Gasteiger partial charge on any atom is -0.312 e. The van der Waals surface area contributed by atoms with E-state index in [4.69, 9.17) is 5.26 Å². The molecule has 1 N–H and O–H groups in total. The summed E-state index contributed by atoms with van der Waals surface area (Å²) in [6, 6.07) is 6.51. The molecule has 1 aromatic rings. The summed E-state index contributed by atoms with van der Waals surface area (Å²) in [5, 5.41) is 12.6. The van der Waals surface area contributed by atoms with E-state index in [0.29, 0.717) is 23.4 Å². The van der Waals surface area contributed by atoms with E-state index in [9.17, 15) is 4.39 Å². The van der Waals surface area contributed by atoms with Crippen LogP contribution in [0.4, 0.5) is 4.39 Å². The van der Waals surface area contributed by atoms with Crippen LogP contribution in [0, 0.1) is 28.5 Å². The van der Waals surface area contributed by atoms with Gasteiger partial charge in [0, 0.05) is 13.1 Å². The summed E-state index contributed by atoms with van der Waals surface area (Å²) < 4.78 is 13.3. The fourth-order valence-electron chi connectivity index (χ4n) is 3.72. The molecule has 0 radical (unpaired) electrons. The van der Waals surface area contributed by atoms with Gasteiger partial charge in [-0.1, -0.05) is 26.7 Å². The number of nitriles is 1. The number of hydrogen-bond donors (Lipinski definition) is 1. The molecule has 0 bridgehead atoms. The monoisotopic (exact) mass is 288 g/mol. The number of hydrogen-bond acceptors (Lipinski definition) is 2. The van der Waals surface area contributed by atoms with Gasteiger partial charge < -0.3 is 5.32 Å². The summed E-state index contributed by atoms with van der Waals surface area (Å²) in [7, 11) is 0. The minimum atomic E-state index is -0.274. The van der Waals surface area contributed by atoms with Crippen LogP contribution in [-0.4, -0.2) is 6.54 Å². The predicted octanol–water partition coefficient (Wildman–Crippen LogP) is 4.39. The lowest BCUT2D eigenvalue weighted by Crippen LogP contribution is -2.33. The maximum absolute atomic E-state index is 13.3. The van der Waals surface area contributed by atoms with E-state index in [1.165, 1.54) is 44.2 Å². The average Bonchev–Trinajstić information content (AvgIpc) is 2.87. The Morgan fingerprint density at radius 1 is 1.33 bits per heavy atom. The SMILES string of the molecule is CC(C)CC1(CNCc2cc(F)ccc2C#N)CCCC1. The first-order valence-electron chi connectivity index (χ1n) is 7.94. The first-order chi connectivity index (χ1) is 10.0. The Morgan fingerprint density at radius 2 is 2.05 bits per heavy atom. The molecule has 0 unspecified atom stereocenters. The van der Waals surface area contributed by atoms with Crippen molar-refractivity contribution in [2.24, 2.45) is 11.3 Å². The van der Waals surface area contributed by atoms with Crippen LogP contribution in [0.3, 0.4) is 0 Å². The Bertz CT molecular complexity index is 510. The van der Waals surface area contributed by atoms with E-state index >= 15 is 0 Å². The molecule has 0 atom stereocenters. The average molecular weight is 288 g/mol. The second kappa shape index (κ2) is 7.04. The first-order valence-corrected chi connectivity index (χ1v) is 7.94. The Labute approximate surface area is 127 Å². The second-order valence-corrected chi connectivity index (χ2v) is 6.82. The molecule has 1 saturated carbocycles. The number of benzene rings is 1. The molecule has 1 fully saturated rings. The molecule has 1 aliphatic carbocycles. The summed E-state index contributed by atoms with van der Waals surface area (Å²) in [6.45, 7) is 6.09. The van der Waals surface area contributed by atoms with Gasteiger partial charge in [-0.3, -0.25) is 0 Å². The molecule has 2 nitrogen and oxygen atoms in total. The van der Waals surface area contributed by atoms with E-state index in [-0.39, 0.29) is 5.82 Å². The third-order valence-corrected chi connectivity index (χ3v) is 4.51. The van der Waals surface area contributed by atoms with Gasteiger partial charge in [-0.2, -0.15) is 5.26 Å². The maximum Gasteiger partial charge on any atom is 0.123 e. The largest absolute Gasteiger partial charge is 0.312 e. The van der Waals surface area contributed by atoms with Crippen LogP contribution >= 0.6 is 0 Å². The number of nitrogens with one attached hydrogen (secondary N) is 1. The smallest absolute Gasteiger partial charge is 0.123 e. The van der Waals surface area contributed by atoms with Crippen LogP contribution in [0.1, 0.15) is 57.1 Å². The van der Waals surface area contributed by atoms with Crippen molar-refractivity contribution in [3.8, 4) is 6.07 Å². The molecule has 0 spiro atoms. The van der Waals surface area contributed by atoms with Crippen molar-refractivity contribution in [3.63, 3.8) is 0 Å². The lowest BCUT2D eigenvalue weighted by molar-refractivity contribution is 0.223. The van der Waals surface area contributed by atoms with Crippen LogP contribution in [-0.2, 0) is 6.54 Å². The Balaban J connectivity index is 1.97. The highest BCUT2D eigenvalue weighted by molar-refractivity contribution is 5.37. The minimum absolute atomic E-state index is 0.274. The van der Waals surface area contributed by atoms with Crippen molar-refractivity contribution in [2.75, 3.05) is 6.54 Å². The summed E-state index contributed by atoms with van der Waals surface area (Å²) in [5.74, 6) is 0.428. The summed E-state index contributed by atoms with van der Waals surface area (Å²) in [6.07, 6.45) is 6.45. The van der Waals surface area contributed by atoms with Crippen molar-refractivity contribution in [1.29, 1.82) is 5.26 Å². The van der Waals surface area contributed by atoms with E-state index in [1.54, 1.807) is 6.07 Å². The van der Waals surface area contributed by atoms with Gasteiger partial charge in [-0.05, 0) is 54.4 Å². The third kappa shape index (κ3) is 4.28. The highest BCUT2D eigenvalue weighted by atomic mass is 19.1. The molecular weight excluding hydrogens is 263 g/mol. The van der Waals surface area contributed by atoms with Gasteiger partial charge in [0.1, 0.15) is 5.82 Å². The fourth-order valence-corrected chi connectivity index (χ4v) is 3.72. The summed E-state index contributed by atoms with van der Waals surface area (Å²) >= 11 is 0. The zero-order valence-corrected chi connectivity index (χ0v) is 13.1. The highest BCUT2D eigenvalue weighted by Gasteiger charge is 2.33. The van der Waals surface area contributed by atoms with E-state index < -0.39 is 0 Å². The zero-order chi connectivity index (χ0) is 15.3. The maximum atomic E-state index is 13.3. The van der Waals surface area contributed by atoms with Crippen molar-refractivity contribution in [3.05, 3.63) is 35.1 Å². The van der Waals surface area contributed by atoms with Gasteiger partial charge >= 0.3 is 0 Å². The van der Waals surface area contributed by atoms with Crippen LogP contribution in [0.15, 0.2) is 18.2 Å². The van der Waals surface area contributed by atoms with Crippen molar-refractivity contribution < 1.29 is 4.39 Å².